The van der Waals surface area contributed by atoms with Crippen LogP contribution in [0.2, 0.25) is 0 Å². The van der Waals surface area contributed by atoms with Crippen LogP contribution in [0.1, 0.15) is 49.3 Å². The van der Waals surface area contributed by atoms with E-state index >= 15 is 0 Å². The molecule has 0 aliphatic carbocycles. The third-order valence-corrected chi connectivity index (χ3v) is 9.99. The Morgan fingerprint density at radius 1 is 0.919 bits per heavy atom. The lowest BCUT2D eigenvalue weighted by molar-refractivity contribution is 0.00562. The molecule has 1 aliphatic rings. The first-order valence-corrected chi connectivity index (χ1v) is 14.6. The average Bonchev–Trinajstić information content (AvgIpc) is 2.89. The van der Waals surface area contributed by atoms with Crippen LogP contribution in [0.3, 0.4) is 0 Å². The maximum Gasteiger partial charge on any atom is 0.243 e. The highest BCUT2D eigenvalue weighted by Crippen LogP contribution is 2.41. The number of sulfonamides is 1. The fourth-order valence-corrected chi connectivity index (χ4v) is 7.18. The monoisotopic (exact) mass is 520 g/mol. The molecule has 0 radical (unpaired) electrons. The normalized spacial score (nSPS) is 20.1. The molecule has 4 rings (SSSR count). The first-order valence-electron chi connectivity index (χ1n) is 13.2. The molecule has 6 heteroatoms. The summed E-state index contributed by atoms with van der Waals surface area (Å²) < 4.78 is 32.9. The molecule has 1 aliphatic heterocycles. The van der Waals surface area contributed by atoms with Crippen LogP contribution in [-0.2, 0) is 10.0 Å². The van der Waals surface area contributed by atoms with Gasteiger partial charge in [-0.1, -0.05) is 54.1 Å². The van der Waals surface area contributed by atoms with E-state index in [0.29, 0.717) is 29.4 Å². The highest BCUT2D eigenvalue weighted by molar-refractivity contribution is 7.89. The Bertz CT molecular complexity index is 1310. The number of benzene rings is 3. The highest BCUT2D eigenvalue weighted by Gasteiger charge is 2.42. The van der Waals surface area contributed by atoms with Crippen LogP contribution in [0.25, 0.3) is 11.1 Å². The third-order valence-electron chi connectivity index (χ3n) is 7.97. The molecule has 3 aromatic rings. The second-order valence-electron chi connectivity index (χ2n) is 10.4. The van der Waals surface area contributed by atoms with Crippen LogP contribution < -0.4 is 4.74 Å². The minimum Gasteiger partial charge on any atom is -0.496 e. The van der Waals surface area contributed by atoms with Gasteiger partial charge < -0.3 is 4.74 Å². The van der Waals surface area contributed by atoms with Gasteiger partial charge in [-0.25, -0.2) is 12.7 Å². The van der Waals surface area contributed by atoms with E-state index in [4.69, 9.17) is 4.74 Å². The van der Waals surface area contributed by atoms with E-state index in [1.807, 2.05) is 25.1 Å². The van der Waals surface area contributed by atoms with E-state index in [1.54, 1.807) is 26.3 Å². The second kappa shape index (κ2) is 11.4. The van der Waals surface area contributed by atoms with Gasteiger partial charge in [0.2, 0.25) is 10.0 Å². The van der Waals surface area contributed by atoms with Crippen molar-refractivity contribution in [3.63, 3.8) is 0 Å². The summed E-state index contributed by atoms with van der Waals surface area (Å²) in [5.41, 5.74) is 5.67. The molecule has 37 heavy (non-hydrogen) atoms. The largest absolute Gasteiger partial charge is 0.496 e. The molecule has 3 aromatic carbocycles. The van der Waals surface area contributed by atoms with Crippen molar-refractivity contribution < 1.29 is 13.2 Å². The quantitative estimate of drug-likeness (QED) is 0.296. The van der Waals surface area contributed by atoms with Crippen molar-refractivity contribution >= 4 is 10.0 Å². The van der Waals surface area contributed by atoms with Crippen LogP contribution in [0, 0.1) is 13.8 Å². The predicted octanol–water partition coefficient (Wildman–Crippen LogP) is 6.26. The highest BCUT2D eigenvalue weighted by atomic mass is 32.2. The van der Waals surface area contributed by atoms with Crippen molar-refractivity contribution in [2.45, 2.75) is 63.4 Å². The van der Waals surface area contributed by atoms with Crippen molar-refractivity contribution in [1.29, 1.82) is 0 Å². The smallest absolute Gasteiger partial charge is 0.243 e. The van der Waals surface area contributed by atoms with Crippen LogP contribution in [0.5, 0.6) is 5.75 Å². The van der Waals surface area contributed by atoms with E-state index in [0.717, 1.165) is 36.3 Å². The minimum absolute atomic E-state index is 0.400. The molecule has 198 valence electrons. The lowest BCUT2D eigenvalue weighted by Crippen LogP contribution is -2.59. The van der Waals surface area contributed by atoms with Crippen LogP contribution in [-0.4, -0.2) is 57.0 Å². The molecule has 0 N–H and O–H groups in total. The van der Waals surface area contributed by atoms with Gasteiger partial charge in [-0.05, 0) is 82.0 Å². The molecule has 0 amide bonds. The van der Waals surface area contributed by atoms with E-state index in [-0.39, 0.29) is 0 Å². The van der Waals surface area contributed by atoms with Gasteiger partial charge >= 0.3 is 0 Å². The maximum atomic E-state index is 12.9. The Hall–Kier alpha value is -2.67. The number of nitrogens with zero attached hydrogens (tertiary/aromatic N) is 2. The van der Waals surface area contributed by atoms with Crippen LogP contribution in [0.15, 0.2) is 71.6 Å². The topological polar surface area (TPSA) is 49.9 Å². The van der Waals surface area contributed by atoms with Crippen molar-refractivity contribution in [1.82, 2.24) is 9.21 Å². The van der Waals surface area contributed by atoms with Gasteiger partial charge in [-0.15, -0.1) is 0 Å². The van der Waals surface area contributed by atoms with Crippen molar-refractivity contribution in [3.8, 4) is 16.9 Å². The SMILES string of the molecule is COc1ccc(C)cc1-c1ccc(C2C(C)N(CCCCN(C)S(=O)(=O)c3ccccc3C)C2C)cc1. The fourth-order valence-electron chi connectivity index (χ4n) is 5.74. The summed E-state index contributed by atoms with van der Waals surface area (Å²) in [6.07, 6.45) is 1.82. The van der Waals surface area contributed by atoms with Gasteiger partial charge in [-0.3, -0.25) is 4.90 Å². The molecule has 0 saturated carbocycles. The van der Waals surface area contributed by atoms with Gasteiger partial charge in [0.25, 0.3) is 0 Å². The number of likely N-dealkylation sites (tertiary alicyclic amines) is 1. The molecule has 0 aromatic heterocycles. The Labute approximate surface area is 223 Å². The van der Waals surface area contributed by atoms with Crippen LogP contribution >= 0.6 is 0 Å². The molecular weight excluding hydrogens is 480 g/mol. The number of ether oxygens (including phenoxy) is 1. The van der Waals surface area contributed by atoms with Crippen molar-refractivity contribution in [2.75, 3.05) is 27.2 Å². The number of unbranched alkanes of at least 4 members (excludes halogenated alkanes) is 1. The Morgan fingerprint density at radius 3 is 2.24 bits per heavy atom. The van der Waals surface area contributed by atoms with E-state index in [1.165, 1.54) is 21.0 Å². The fraction of sp³-hybridized carbons (Fsp3) is 0.419. The zero-order valence-corrected chi connectivity index (χ0v) is 23.8. The summed E-state index contributed by atoms with van der Waals surface area (Å²) in [4.78, 5) is 2.94. The van der Waals surface area contributed by atoms with Crippen LogP contribution in [0.4, 0.5) is 0 Å². The first kappa shape index (κ1) is 27.4. The van der Waals surface area contributed by atoms with Gasteiger partial charge in [0.15, 0.2) is 0 Å². The zero-order valence-electron chi connectivity index (χ0n) is 22.9. The first-order chi connectivity index (χ1) is 17.6. The third kappa shape index (κ3) is 5.62. The molecule has 0 spiro atoms. The molecule has 2 atom stereocenters. The lowest BCUT2D eigenvalue weighted by atomic mass is 9.76. The molecule has 1 saturated heterocycles. The molecule has 0 bridgehead atoms. The van der Waals surface area contributed by atoms with Crippen molar-refractivity contribution in [3.05, 3.63) is 83.4 Å². The number of methoxy groups -OCH3 is 1. The van der Waals surface area contributed by atoms with Gasteiger partial charge in [0, 0.05) is 37.2 Å². The van der Waals surface area contributed by atoms with E-state index in [9.17, 15) is 8.42 Å². The van der Waals surface area contributed by atoms with Crippen molar-refractivity contribution in [2.24, 2.45) is 0 Å². The molecular formula is C31H40N2O3S. The minimum atomic E-state index is -3.45. The average molecular weight is 521 g/mol. The zero-order chi connectivity index (χ0) is 26.7. The van der Waals surface area contributed by atoms with Gasteiger partial charge in [0.1, 0.15) is 5.75 Å². The summed E-state index contributed by atoms with van der Waals surface area (Å²) in [5.74, 6) is 1.39. The number of hydrogen-bond acceptors (Lipinski definition) is 4. The summed E-state index contributed by atoms with van der Waals surface area (Å²) in [6, 6.07) is 23.3. The molecule has 5 nitrogen and oxygen atoms in total. The summed E-state index contributed by atoms with van der Waals surface area (Å²) in [7, 11) is -0.0456. The summed E-state index contributed by atoms with van der Waals surface area (Å²) in [5, 5.41) is 0. The summed E-state index contributed by atoms with van der Waals surface area (Å²) >= 11 is 0. The molecule has 1 fully saturated rings. The predicted molar refractivity (Wildman–Crippen MR) is 152 cm³/mol. The molecule has 1 heterocycles. The van der Waals surface area contributed by atoms with Gasteiger partial charge in [-0.2, -0.15) is 0 Å². The van der Waals surface area contributed by atoms with E-state index < -0.39 is 10.0 Å². The maximum absolute atomic E-state index is 12.9. The summed E-state index contributed by atoms with van der Waals surface area (Å²) in [6.45, 7) is 10.1. The van der Waals surface area contributed by atoms with Gasteiger partial charge in [0.05, 0.1) is 12.0 Å². The Kier molecular flexibility index (Phi) is 8.42. The Morgan fingerprint density at radius 2 is 1.59 bits per heavy atom. The second-order valence-corrected chi connectivity index (χ2v) is 12.4. The Balaban J connectivity index is 1.31. The number of hydrogen-bond donors (Lipinski definition) is 0. The van der Waals surface area contributed by atoms with E-state index in [2.05, 4.69) is 62.1 Å². The number of rotatable bonds is 10. The molecule has 2 unspecified atom stereocenters. The number of aryl methyl sites for hydroxylation is 2. The lowest BCUT2D eigenvalue weighted by Gasteiger charge is -2.53. The standard InChI is InChI=1S/C31H40N2O3S/c1-22-13-18-29(36-6)28(21-22)26-14-16-27(17-15-26)31-24(3)33(25(31)4)20-10-9-19-32(5)37(34,35)30-12-8-7-11-23(30)2/h7-8,11-18,21,24-25,31H,9-10,19-20H2,1-6H3.